The zero-order valence-corrected chi connectivity index (χ0v) is 6.60. The monoisotopic (exact) mass is 153 g/mol. The molecule has 0 radical (unpaired) electrons. The maximum atomic E-state index is 12.7. The number of hydrogen-bond donors (Lipinski definition) is 1. The van der Waals surface area contributed by atoms with Crippen molar-refractivity contribution in [3.63, 3.8) is 0 Å². The van der Waals surface area contributed by atoms with E-state index in [4.69, 9.17) is 5.73 Å². The fourth-order valence-corrected chi connectivity index (χ4v) is 1.11. The number of aryl methyl sites for hydroxylation is 1. The molecular formula is C9H12FN. The molecular weight excluding hydrogens is 141 g/mol. The van der Waals surface area contributed by atoms with Gasteiger partial charge in [-0.15, -0.1) is 0 Å². The van der Waals surface area contributed by atoms with E-state index in [9.17, 15) is 4.39 Å². The van der Waals surface area contributed by atoms with Crippen molar-refractivity contribution in [3.05, 3.63) is 29.6 Å². The third-order valence-electron chi connectivity index (χ3n) is 1.52. The zero-order chi connectivity index (χ0) is 8.27. The summed E-state index contributed by atoms with van der Waals surface area (Å²) in [5.74, 6) is -0.242. The van der Waals surface area contributed by atoms with E-state index < -0.39 is 0 Å². The lowest BCUT2D eigenvalue weighted by molar-refractivity contribution is 0.625. The Labute approximate surface area is 66.0 Å². The molecule has 60 valence electrons. The molecule has 0 saturated carbocycles. The highest BCUT2D eigenvalue weighted by Crippen LogP contribution is 2.11. The molecule has 1 nitrogen and oxygen atoms in total. The molecule has 0 aromatic heterocycles. The van der Waals surface area contributed by atoms with Crippen molar-refractivity contribution in [2.24, 2.45) is 0 Å². The summed E-state index contributed by atoms with van der Waals surface area (Å²) in [7, 11) is 0. The van der Waals surface area contributed by atoms with E-state index in [2.05, 4.69) is 6.92 Å². The highest BCUT2D eigenvalue weighted by Gasteiger charge is 1.96. The second-order valence-corrected chi connectivity index (χ2v) is 2.64. The highest BCUT2D eigenvalue weighted by molar-refractivity contribution is 5.41. The van der Waals surface area contributed by atoms with Gasteiger partial charge in [-0.3, -0.25) is 0 Å². The highest BCUT2D eigenvalue weighted by atomic mass is 19.1. The van der Waals surface area contributed by atoms with Crippen molar-refractivity contribution >= 4 is 5.69 Å². The van der Waals surface area contributed by atoms with Crippen LogP contribution in [0.5, 0.6) is 0 Å². The number of rotatable bonds is 2. The fraction of sp³-hybridized carbons (Fsp3) is 0.333. The lowest BCUT2D eigenvalue weighted by Gasteiger charge is -2.00. The van der Waals surface area contributed by atoms with Crippen LogP contribution in [0.1, 0.15) is 18.9 Å². The summed E-state index contributed by atoms with van der Waals surface area (Å²) in [5, 5.41) is 0. The van der Waals surface area contributed by atoms with E-state index in [1.165, 1.54) is 12.1 Å². The lowest BCUT2D eigenvalue weighted by Crippen LogP contribution is -1.90. The van der Waals surface area contributed by atoms with Crippen molar-refractivity contribution < 1.29 is 4.39 Å². The smallest absolute Gasteiger partial charge is 0.125 e. The van der Waals surface area contributed by atoms with Crippen LogP contribution >= 0.6 is 0 Å². The first-order valence-corrected chi connectivity index (χ1v) is 3.77. The van der Waals surface area contributed by atoms with Crippen LogP contribution in [-0.2, 0) is 6.42 Å². The second-order valence-electron chi connectivity index (χ2n) is 2.64. The summed E-state index contributed by atoms with van der Waals surface area (Å²) in [6.07, 6.45) is 1.91. The van der Waals surface area contributed by atoms with Gasteiger partial charge in [0.25, 0.3) is 0 Å². The molecule has 0 unspecified atom stereocenters. The third kappa shape index (κ3) is 2.22. The van der Waals surface area contributed by atoms with E-state index in [1.54, 1.807) is 0 Å². The number of benzene rings is 1. The van der Waals surface area contributed by atoms with Gasteiger partial charge in [0, 0.05) is 5.69 Å². The minimum atomic E-state index is -0.242. The molecule has 0 aliphatic carbocycles. The van der Waals surface area contributed by atoms with Crippen molar-refractivity contribution in [1.82, 2.24) is 0 Å². The normalized spacial score (nSPS) is 10.0. The standard InChI is InChI=1S/C9H12FN/c1-2-3-7-4-8(10)6-9(11)5-7/h4-6H,2-3,11H2,1H3. The fourth-order valence-electron chi connectivity index (χ4n) is 1.11. The lowest BCUT2D eigenvalue weighted by atomic mass is 10.1. The van der Waals surface area contributed by atoms with Gasteiger partial charge in [-0.05, 0) is 30.2 Å². The van der Waals surface area contributed by atoms with Gasteiger partial charge in [0.15, 0.2) is 0 Å². The topological polar surface area (TPSA) is 26.0 Å². The van der Waals surface area contributed by atoms with Crippen LogP contribution in [0.2, 0.25) is 0 Å². The Kier molecular flexibility index (Phi) is 2.47. The van der Waals surface area contributed by atoms with Crippen LogP contribution in [-0.4, -0.2) is 0 Å². The van der Waals surface area contributed by atoms with E-state index in [0.29, 0.717) is 5.69 Å². The van der Waals surface area contributed by atoms with Crippen LogP contribution in [0.3, 0.4) is 0 Å². The maximum Gasteiger partial charge on any atom is 0.125 e. The molecule has 2 heteroatoms. The van der Waals surface area contributed by atoms with Crippen LogP contribution in [0.4, 0.5) is 10.1 Å². The van der Waals surface area contributed by atoms with E-state index in [0.717, 1.165) is 18.4 Å². The van der Waals surface area contributed by atoms with Gasteiger partial charge in [0.2, 0.25) is 0 Å². The third-order valence-corrected chi connectivity index (χ3v) is 1.52. The molecule has 0 fully saturated rings. The Morgan fingerprint density at radius 3 is 2.64 bits per heavy atom. The predicted molar refractivity (Wildman–Crippen MR) is 44.8 cm³/mol. The number of halogens is 1. The van der Waals surface area contributed by atoms with Gasteiger partial charge in [-0.2, -0.15) is 0 Å². The SMILES string of the molecule is CCCc1cc(N)cc(F)c1. The average molecular weight is 153 g/mol. The molecule has 0 spiro atoms. The molecule has 0 atom stereocenters. The molecule has 0 amide bonds. The minimum Gasteiger partial charge on any atom is -0.399 e. The summed E-state index contributed by atoms with van der Waals surface area (Å²) in [4.78, 5) is 0. The molecule has 1 aromatic carbocycles. The number of nitrogens with two attached hydrogens (primary N) is 1. The summed E-state index contributed by atoms with van der Waals surface area (Å²) < 4.78 is 12.7. The molecule has 0 aliphatic rings. The number of anilines is 1. The van der Waals surface area contributed by atoms with E-state index in [-0.39, 0.29) is 5.82 Å². The van der Waals surface area contributed by atoms with Crippen LogP contribution < -0.4 is 5.73 Å². The largest absolute Gasteiger partial charge is 0.399 e. The maximum absolute atomic E-state index is 12.7. The summed E-state index contributed by atoms with van der Waals surface area (Å²) in [6, 6.07) is 4.67. The van der Waals surface area contributed by atoms with Gasteiger partial charge in [0.05, 0.1) is 0 Å². The van der Waals surface area contributed by atoms with E-state index in [1.807, 2.05) is 6.07 Å². The second kappa shape index (κ2) is 3.37. The first-order valence-electron chi connectivity index (χ1n) is 3.77. The quantitative estimate of drug-likeness (QED) is 0.648. The first-order chi connectivity index (χ1) is 5.22. The summed E-state index contributed by atoms with van der Waals surface area (Å²) in [6.45, 7) is 2.06. The molecule has 0 aliphatic heterocycles. The van der Waals surface area contributed by atoms with E-state index >= 15 is 0 Å². The van der Waals surface area contributed by atoms with Crippen molar-refractivity contribution in [2.75, 3.05) is 5.73 Å². The Bertz CT molecular complexity index is 225. The summed E-state index contributed by atoms with van der Waals surface area (Å²) >= 11 is 0. The average Bonchev–Trinajstić information content (AvgIpc) is 1.85. The summed E-state index contributed by atoms with van der Waals surface area (Å²) in [5.41, 5.74) is 6.93. The molecule has 2 N–H and O–H groups in total. The van der Waals surface area contributed by atoms with Gasteiger partial charge in [-0.25, -0.2) is 4.39 Å². The van der Waals surface area contributed by atoms with Crippen molar-refractivity contribution in [2.45, 2.75) is 19.8 Å². The van der Waals surface area contributed by atoms with Gasteiger partial charge in [0.1, 0.15) is 5.82 Å². The van der Waals surface area contributed by atoms with Gasteiger partial charge >= 0.3 is 0 Å². The van der Waals surface area contributed by atoms with Crippen LogP contribution in [0.15, 0.2) is 18.2 Å². The van der Waals surface area contributed by atoms with Crippen LogP contribution in [0.25, 0.3) is 0 Å². The molecule has 1 aromatic rings. The van der Waals surface area contributed by atoms with Gasteiger partial charge in [-0.1, -0.05) is 13.3 Å². The molecule has 0 saturated heterocycles. The zero-order valence-electron chi connectivity index (χ0n) is 6.60. The minimum absolute atomic E-state index is 0.242. The Morgan fingerprint density at radius 2 is 2.09 bits per heavy atom. The Hall–Kier alpha value is -1.05. The Balaban J connectivity index is 2.89. The van der Waals surface area contributed by atoms with Gasteiger partial charge < -0.3 is 5.73 Å². The number of hydrogen-bond acceptors (Lipinski definition) is 1. The molecule has 0 bridgehead atoms. The predicted octanol–water partition coefficient (Wildman–Crippen LogP) is 2.36. The van der Waals surface area contributed by atoms with Crippen molar-refractivity contribution in [1.29, 1.82) is 0 Å². The Morgan fingerprint density at radius 1 is 1.36 bits per heavy atom. The van der Waals surface area contributed by atoms with Crippen molar-refractivity contribution in [3.8, 4) is 0 Å². The molecule has 11 heavy (non-hydrogen) atoms. The molecule has 0 heterocycles. The first kappa shape index (κ1) is 8.05. The van der Waals surface area contributed by atoms with Crippen LogP contribution in [0, 0.1) is 5.82 Å². The molecule has 1 rings (SSSR count). The number of nitrogen functional groups attached to an aromatic ring is 1.